The van der Waals surface area contributed by atoms with Gasteiger partial charge in [-0.15, -0.1) is 0 Å². The van der Waals surface area contributed by atoms with Crippen LogP contribution in [0.2, 0.25) is 0 Å². The van der Waals surface area contributed by atoms with E-state index in [9.17, 15) is 9.59 Å². The van der Waals surface area contributed by atoms with Gasteiger partial charge in [-0.3, -0.25) is 4.79 Å². The number of halogens is 1. The van der Waals surface area contributed by atoms with Crippen LogP contribution in [0.3, 0.4) is 0 Å². The molecule has 2 atom stereocenters. The fourth-order valence-corrected chi connectivity index (χ4v) is 2.18. The van der Waals surface area contributed by atoms with Crippen LogP contribution in [-0.4, -0.2) is 35.4 Å². The lowest BCUT2D eigenvalue weighted by Crippen LogP contribution is -2.37. The van der Waals surface area contributed by atoms with Crippen molar-refractivity contribution < 1.29 is 14.3 Å². The van der Waals surface area contributed by atoms with E-state index in [2.05, 4.69) is 0 Å². The quantitative estimate of drug-likeness (QED) is 0.566. The summed E-state index contributed by atoms with van der Waals surface area (Å²) in [5.41, 5.74) is 0. The van der Waals surface area contributed by atoms with Gasteiger partial charge in [0.25, 0.3) is 0 Å². The summed E-state index contributed by atoms with van der Waals surface area (Å²) in [6.07, 6.45) is 2.16. The Balaban J connectivity index is 2.43. The number of hydrogen-bond acceptors (Lipinski definition) is 3. The van der Waals surface area contributed by atoms with Gasteiger partial charge in [-0.2, -0.15) is 0 Å². The van der Waals surface area contributed by atoms with Gasteiger partial charge in [0, 0.05) is 12.6 Å². The van der Waals surface area contributed by atoms with Gasteiger partial charge in [0.1, 0.15) is 0 Å². The topological polar surface area (TPSA) is 46.6 Å². The lowest BCUT2D eigenvalue weighted by molar-refractivity contribution is -0.115. The molecule has 1 fully saturated rings. The molecule has 16 heavy (non-hydrogen) atoms. The van der Waals surface area contributed by atoms with Crippen molar-refractivity contribution in [1.29, 1.82) is 0 Å². The van der Waals surface area contributed by atoms with Crippen molar-refractivity contribution in [3.05, 3.63) is 0 Å². The van der Waals surface area contributed by atoms with Gasteiger partial charge in [-0.05, 0) is 31.4 Å². The summed E-state index contributed by atoms with van der Waals surface area (Å²) in [6.45, 7) is 4.86. The summed E-state index contributed by atoms with van der Waals surface area (Å²) in [4.78, 5) is 24.3. The van der Waals surface area contributed by atoms with Gasteiger partial charge in [-0.25, -0.2) is 4.79 Å². The number of rotatable bonds is 4. The van der Waals surface area contributed by atoms with E-state index >= 15 is 0 Å². The summed E-state index contributed by atoms with van der Waals surface area (Å²) < 4.78 is 5.10. The second kappa shape index (κ2) is 6.09. The molecule has 1 amide bonds. The molecule has 1 saturated heterocycles. The maximum Gasteiger partial charge on any atom is 0.410 e. The number of hydrogen-bond donors (Lipinski definition) is 0. The second-order valence-electron chi connectivity index (χ2n) is 4.10. The van der Waals surface area contributed by atoms with E-state index < -0.39 is 0 Å². The molecule has 4 nitrogen and oxygen atoms in total. The Morgan fingerprint density at radius 2 is 2.19 bits per heavy atom. The van der Waals surface area contributed by atoms with Crippen molar-refractivity contribution in [3.8, 4) is 0 Å². The lowest BCUT2D eigenvalue weighted by Gasteiger charge is -2.22. The van der Waals surface area contributed by atoms with Crippen LogP contribution in [0.5, 0.6) is 0 Å². The number of likely N-dealkylation sites (tertiary alicyclic amines) is 1. The van der Waals surface area contributed by atoms with Crippen LogP contribution in [-0.2, 0) is 9.53 Å². The first-order valence-corrected chi connectivity index (χ1v) is 6.08. The van der Waals surface area contributed by atoms with E-state index in [1.165, 1.54) is 0 Å². The molecule has 0 aliphatic carbocycles. The van der Waals surface area contributed by atoms with Crippen LogP contribution in [0.25, 0.3) is 0 Å². The normalized spacial score (nSPS) is 24.6. The third-order valence-electron chi connectivity index (χ3n) is 3.00. The van der Waals surface area contributed by atoms with Crippen LogP contribution < -0.4 is 0 Å². The number of amides is 1. The van der Waals surface area contributed by atoms with Gasteiger partial charge in [0.15, 0.2) is 0 Å². The van der Waals surface area contributed by atoms with Gasteiger partial charge in [0.2, 0.25) is 5.24 Å². The fraction of sp³-hybridized carbons (Fsp3) is 0.818. The molecule has 0 bridgehead atoms. The van der Waals surface area contributed by atoms with Crippen molar-refractivity contribution in [2.24, 2.45) is 5.92 Å². The molecule has 0 radical (unpaired) electrons. The van der Waals surface area contributed by atoms with Crippen LogP contribution >= 0.6 is 11.6 Å². The third-order valence-corrected chi connectivity index (χ3v) is 3.28. The molecule has 1 heterocycles. The zero-order chi connectivity index (χ0) is 12.1. The molecule has 0 unspecified atom stereocenters. The van der Waals surface area contributed by atoms with E-state index in [-0.39, 0.29) is 23.3 Å². The van der Waals surface area contributed by atoms with Crippen molar-refractivity contribution >= 4 is 22.9 Å². The molecule has 5 heteroatoms. The minimum atomic E-state index is -0.364. The molecule has 0 aromatic heterocycles. The number of ether oxygens (including phenoxy) is 1. The second-order valence-corrected chi connectivity index (χ2v) is 4.47. The highest BCUT2D eigenvalue weighted by Crippen LogP contribution is 2.26. The van der Waals surface area contributed by atoms with E-state index in [1.807, 2.05) is 13.8 Å². The van der Waals surface area contributed by atoms with Crippen LogP contribution in [0, 0.1) is 5.92 Å². The van der Waals surface area contributed by atoms with Gasteiger partial charge >= 0.3 is 6.09 Å². The summed E-state index contributed by atoms with van der Waals surface area (Å²) in [5.74, 6) is -0.250. The minimum absolute atomic E-state index is 0.154. The van der Waals surface area contributed by atoms with Crippen molar-refractivity contribution in [2.75, 3.05) is 13.2 Å². The van der Waals surface area contributed by atoms with E-state index in [0.717, 1.165) is 12.8 Å². The third kappa shape index (κ3) is 3.11. The average molecular weight is 248 g/mol. The Hall–Kier alpha value is -0.770. The molecule has 1 aliphatic heterocycles. The molecule has 92 valence electrons. The molecule has 1 rings (SSSR count). The number of carbonyl (C=O) groups excluding carboxylic acids is 2. The highest BCUT2D eigenvalue weighted by molar-refractivity contribution is 6.64. The standard InChI is InChI=1S/C11H18ClNO3/c1-3-4-7-16-11(15)13-6-5-9(8(13)2)10(12)14/h8-9H,3-7H2,1-2H3/t8-,9-/m0/s1. The largest absolute Gasteiger partial charge is 0.449 e. The number of unbranched alkanes of at least 4 members (excludes halogenated alkanes) is 1. The van der Waals surface area contributed by atoms with Crippen LogP contribution in [0.1, 0.15) is 33.1 Å². The van der Waals surface area contributed by atoms with Crippen molar-refractivity contribution in [2.45, 2.75) is 39.2 Å². The Labute approximate surface area is 101 Å². The Bertz CT molecular complexity index is 270. The Morgan fingerprint density at radius 3 is 2.69 bits per heavy atom. The predicted octanol–water partition coefficient (Wildman–Crippen LogP) is 2.40. The Kier molecular flexibility index (Phi) is 5.06. The molecular weight excluding hydrogens is 230 g/mol. The zero-order valence-corrected chi connectivity index (χ0v) is 10.5. The first-order chi connectivity index (χ1) is 7.57. The smallest absolute Gasteiger partial charge is 0.410 e. The average Bonchev–Trinajstić information content (AvgIpc) is 2.60. The SMILES string of the molecule is CCCCOC(=O)N1CC[C@H](C(=O)Cl)[C@@H]1C. The molecular formula is C11H18ClNO3. The van der Waals surface area contributed by atoms with E-state index in [4.69, 9.17) is 16.3 Å². The van der Waals surface area contributed by atoms with Gasteiger partial charge in [-0.1, -0.05) is 13.3 Å². The highest BCUT2D eigenvalue weighted by atomic mass is 35.5. The van der Waals surface area contributed by atoms with Crippen molar-refractivity contribution in [1.82, 2.24) is 4.90 Å². The molecule has 0 aromatic carbocycles. The Morgan fingerprint density at radius 1 is 1.50 bits per heavy atom. The maximum absolute atomic E-state index is 11.6. The summed E-state index contributed by atoms with van der Waals surface area (Å²) in [7, 11) is 0. The minimum Gasteiger partial charge on any atom is -0.449 e. The van der Waals surface area contributed by atoms with E-state index in [0.29, 0.717) is 19.6 Å². The summed E-state index contributed by atoms with van der Waals surface area (Å²) >= 11 is 5.46. The first-order valence-electron chi connectivity index (χ1n) is 5.70. The monoisotopic (exact) mass is 247 g/mol. The molecule has 0 N–H and O–H groups in total. The zero-order valence-electron chi connectivity index (χ0n) is 9.74. The summed E-state index contributed by atoms with van der Waals surface area (Å²) in [5, 5.41) is -0.364. The van der Waals surface area contributed by atoms with Crippen LogP contribution in [0.4, 0.5) is 4.79 Å². The molecule has 0 saturated carbocycles. The van der Waals surface area contributed by atoms with Crippen molar-refractivity contribution in [3.63, 3.8) is 0 Å². The van der Waals surface area contributed by atoms with E-state index in [1.54, 1.807) is 4.90 Å². The first kappa shape index (κ1) is 13.3. The van der Waals surface area contributed by atoms with Gasteiger partial charge in [0.05, 0.1) is 12.5 Å². The van der Waals surface area contributed by atoms with Gasteiger partial charge < -0.3 is 9.64 Å². The predicted molar refractivity (Wildman–Crippen MR) is 61.4 cm³/mol. The van der Waals surface area contributed by atoms with Crippen LogP contribution in [0.15, 0.2) is 0 Å². The highest BCUT2D eigenvalue weighted by Gasteiger charge is 2.38. The number of carbonyl (C=O) groups is 2. The molecule has 1 aliphatic rings. The summed E-state index contributed by atoms with van der Waals surface area (Å²) in [6, 6.07) is -0.154. The molecule has 0 spiro atoms. The fourth-order valence-electron chi connectivity index (χ4n) is 1.89. The molecule has 0 aromatic rings. The maximum atomic E-state index is 11.6. The lowest BCUT2D eigenvalue weighted by atomic mass is 10.0. The number of nitrogens with zero attached hydrogens (tertiary/aromatic N) is 1.